The smallest absolute Gasteiger partial charge is 0.416 e. The molecule has 156 valence electrons. The van der Waals surface area contributed by atoms with Crippen LogP contribution in [-0.2, 0) is 17.3 Å². The highest BCUT2D eigenvalue weighted by Crippen LogP contribution is 2.40. The minimum Gasteiger partial charge on any atom is -0.444 e. The van der Waals surface area contributed by atoms with Gasteiger partial charge in [0.25, 0.3) is 0 Å². The summed E-state index contributed by atoms with van der Waals surface area (Å²) in [7, 11) is 0. The van der Waals surface area contributed by atoms with Crippen molar-refractivity contribution >= 4 is 6.09 Å². The van der Waals surface area contributed by atoms with Crippen LogP contribution < -0.4 is 0 Å². The standard InChI is InChI=1S/C20H27F3N2O3/c1-12-11-24(18(27)28-19(2,3)4)7-8-25(12)17-15-6-5-14(20(21,22)23)9-13(15)10-16(17)26/h5-6,9,12,16-17,26H,7-8,10-11H2,1-4H3. The molecule has 8 heteroatoms. The Bertz CT molecular complexity index is 745. The number of nitrogens with zero attached hydrogens (tertiary/aromatic N) is 2. The number of aliphatic hydroxyl groups is 1. The predicted molar refractivity (Wildman–Crippen MR) is 97.9 cm³/mol. The molecular formula is C20H27F3N2O3. The molecule has 1 N–H and O–H groups in total. The third-order valence-corrected chi connectivity index (χ3v) is 5.27. The average Bonchev–Trinajstić information content (AvgIpc) is 2.87. The van der Waals surface area contributed by atoms with Crippen LogP contribution in [0.3, 0.4) is 0 Å². The number of hydrogen-bond acceptors (Lipinski definition) is 4. The van der Waals surface area contributed by atoms with Crippen molar-refractivity contribution in [3.05, 3.63) is 34.9 Å². The van der Waals surface area contributed by atoms with E-state index in [4.69, 9.17) is 4.74 Å². The van der Waals surface area contributed by atoms with Gasteiger partial charge in [0.05, 0.1) is 17.7 Å². The molecule has 2 aliphatic rings. The molecule has 0 saturated carbocycles. The van der Waals surface area contributed by atoms with Gasteiger partial charge in [0.15, 0.2) is 0 Å². The lowest BCUT2D eigenvalue weighted by molar-refractivity contribution is -0.137. The summed E-state index contributed by atoms with van der Waals surface area (Å²) in [6.45, 7) is 8.78. The van der Waals surface area contributed by atoms with Gasteiger partial charge in [0.1, 0.15) is 5.60 Å². The molecule has 3 rings (SSSR count). The molecule has 1 saturated heterocycles. The maximum Gasteiger partial charge on any atom is 0.416 e. The van der Waals surface area contributed by atoms with Crippen LogP contribution in [-0.4, -0.2) is 58.4 Å². The summed E-state index contributed by atoms with van der Waals surface area (Å²) in [5, 5.41) is 10.6. The SMILES string of the molecule is CC1CN(C(=O)OC(C)(C)C)CCN1C1c2ccc(C(F)(F)F)cc2CC1O. The lowest BCUT2D eigenvalue weighted by Gasteiger charge is -2.44. The number of carbonyl (C=O) groups excluding carboxylic acids is 1. The lowest BCUT2D eigenvalue weighted by Crippen LogP contribution is -2.56. The fraction of sp³-hybridized carbons (Fsp3) is 0.650. The van der Waals surface area contributed by atoms with Crippen molar-refractivity contribution in [3.63, 3.8) is 0 Å². The van der Waals surface area contributed by atoms with Crippen molar-refractivity contribution in [1.29, 1.82) is 0 Å². The van der Waals surface area contributed by atoms with Crippen LogP contribution in [0.5, 0.6) is 0 Å². The topological polar surface area (TPSA) is 53.0 Å². The molecule has 0 spiro atoms. The molecule has 3 atom stereocenters. The van der Waals surface area contributed by atoms with Gasteiger partial charge in [-0.05, 0) is 51.0 Å². The molecule has 1 fully saturated rings. The van der Waals surface area contributed by atoms with E-state index in [0.717, 1.165) is 17.7 Å². The number of aliphatic hydroxyl groups excluding tert-OH is 1. The first-order chi connectivity index (χ1) is 12.9. The number of rotatable bonds is 1. The highest BCUT2D eigenvalue weighted by Gasteiger charge is 2.42. The van der Waals surface area contributed by atoms with E-state index in [-0.39, 0.29) is 24.6 Å². The molecular weight excluding hydrogens is 373 g/mol. The Balaban J connectivity index is 1.75. The van der Waals surface area contributed by atoms with Gasteiger partial charge in [-0.1, -0.05) is 6.07 Å². The zero-order valence-electron chi connectivity index (χ0n) is 16.6. The summed E-state index contributed by atoms with van der Waals surface area (Å²) in [5.74, 6) is 0. The zero-order chi connectivity index (χ0) is 20.9. The van der Waals surface area contributed by atoms with Crippen molar-refractivity contribution < 1.29 is 27.8 Å². The van der Waals surface area contributed by atoms with E-state index in [1.54, 1.807) is 4.90 Å². The van der Waals surface area contributed by atoms with Crippen LogP contribution in [0.25, 0.3) is 0 Å². The van der Waals surface area contributed by atoms with E-state index in [1.807, 2.05) is 27.7 Å². The van der Waals surface area contributed by atoms with Gasteiger partial charge in [-0.2, -0.15) is 13.2 Å². The van der Waals surface area contributed by atoms with Gasteiger partial charge in [0.2, 0.25) is 0 Å². The minimum atomic E-state index is -4.40. The summed E-state index contributed by atoms with van der Waals surface area (Å²) < 4.78 is 44.4. The van der Waals surface area contributed by atoms with Crippen LogP contribution in [0.2, 0.25) is 0 Å². The maximum absolute atomic E-state index is 13.0. The van der Waals surface area contributed by atoms with Crippen LogP contribution in [0, 0.1) is 0 Å². The van der Waals surface area contributed by atoms with Crippen LogP contribution in [0.15, 0.2) is 18.2 Å². The highest BCUT2D eigenvalue weighted by atomic mass is 19.4. The van der Waals surface area contributed by atoms with E-state index < -0.39 is 23.4 Å². The molecule has 1 heterocycles. The number of carbonyl (C=O) groups is 1. The molecule has 0 bridgehead atoms. The summed E-state index contributed by atoms with van der Waals surface area (Å²) >= 11 is 0. The van der Waals surface area contributed by atoms with Gasteiger partial charge >= 0.3 is 12.3 Å². The second-order valence-electron chi connectivity index (χ2n) is 8.64. The molecule has 1 aliphatic heterocycles. The van der Waals surface area contributed by atoms with Crippen molar-refractivity contribution in [3.8, 4) is 0 Å². The zero-order valence-corrected chi connectivity index (χ0v) is 16.6. The van der Waals surface area contributed by atoms with Gasteiger partial charge in [-0.3, -0.25) is 4.90 Å². The summed E-state index contributed by atoms with van der Waals surface area (Å²) in [6.07, 6.45) is -5.34. The third kappa shape index (κ3) is 4.27. The quantitative estimate of drug-likeness (QED) is 0.783. The van der Waals surface area contributed by atoms with E-state index in [0.29, 0.717) is 25.2 Å². The first kappa shape index (κ1) is 20.9. The molecule has 0 aromatic heterocycles. The Hall–Kier alpha value is -1.80. The number of alkyl halides is 3. The van der Waals surface area contributed by atoms with E-state index >= 15 is 0 Å². The number of benzene rings is 1. The Labute approximate surface area is 163 Å². The number of hydrogen-bond donors (Lipinski definition) is 1. The lowest BCUT2D eigenvalue weighted by atomic mass is 10.0. The Kier molecular flexibility index (Phi) is 5.40. The van der Waals surface area contributed by atoms with E-state index in [2.05, 4.69) is 4.90 Å². The fourth-order valence-electron chi connectivity index (χ4n) is 4.07. The highest BCUT2D eigenvalue weighted by molar-refractivity contribution is 5.68. The van der Waals surface area contributed by atoms with Crippen molar-refractivity contribution in [2.75, 3.05) is 19.6 Å². The van der Waals surface area contributed by atoms with Crippen molar-refractivity contribution in [2.45, 2.75) is 64.1 Å². The molecule has 3 unspecified atom stereocenters. The van der Waals surface area contributed by atoms with Crippen molar-refractivity contribution in [1.82, 2.24) is 9.80 Å². The third-order valence-electron chi connectivity index (χ3n) is 5.27. The van der Waals surface area contributed by atoms with Gasteiger partial charge in [-0.25, -0.2) is 4.79 Å². The normalized spacial score (nSPS) is 26.3. The number of amides is 1. The second kappa shape index (κ2) is 7.22. The molecule has 1 aliphatic carbocycles. The average molecular weight is 400 g/mol. The number of ether oxygens (including phenoxy) is 1. The van der Waals surface area contributed by atoms with Crippen LogP contribution >= 0.6 is 0 Å². The monoisotopic (exact) mass is 400 g/mol. The van der Waals surface area contributed by atoms with Crippen molar-refractivity contribution in [2.24, 2.45) is 0 Å². The maximum atomic E-state index is 13.0. The van der Waals surface area contributed by atoms with Gasteiger partial charge in [-0.15, -0.1) is 0 Å². The Morgan fingerprint density at radius 2 is 1.89 bits per heavy atom. The largest absolute Gasteiger partial charge is 0.444 e. The Morgan fingerprint density at radius 1 is 1.21 bits per heavy atom. The van der Waals surface area contributed by atoms with E-state index in [9.17, 15) is 23.1 Å². The molecule has 0 radical (unpaired) electrons. The number of fused-ring (bicyclic) bond motifs is 1. The van der Waals surface area contributed by atoms with Gasteiger partial charge < -0.3 is 14.7 Å². The summed E-state index contributed by atoms with van der Waals surface area (Å²) in [5.41, 5.74) is 0.00267. The number of piperazine rings is 1. The van der Waals surface area contributed by atoms with Crippen LogP contribution in [0.1, 0.15) is 50.4 Å². The van der Waals surface area contributed by atoms with Gasteiger partial charge in [0, 0.05) is 32.1 Å². The molecule has 1 aromatic rings. The molecule has 28 heavy (non-hydrogen) atoms. The second-order valence-corrected chi connectivity index (χ2v) is 8.64. The first-order valence-corrected chi connectivity index (χ1v) is 9.48. The first-order valence-electron chi connectivity index (χ1n) is 9.48. The van der Waals surface area contributed by atoms with Crippen LogP contribution in [0.4, 0.5) is 18.0 Å². The molecule has 5 nitrogen and oxygen atoms in total. The van der Waals surface area contributed by atoms with E-state index in [1.165, 1.54) is 6.07 Å². The Morgan fingerprint density at radius 3 is 2.46 bits per heavy atom. The molecule has 1 aromatic carbocycles. The predicted octanol–water partition coefficient (Wildman–Crippen LogP) is 3.60. The summed E-state index contributed by atoms with van der Waals surface area (Å²) in [6, 6.07) is 3.26. The fourth-order valence-corrected chi connectivity index (χ4v) is 4.07. The molecule has 1 amide bonds. The number of halogens is 3. The summed E-state index contributed by atoms with van der Waals surface area (Å²) in [4.78, 5) is 16.0. The minimum absolute atomic E-state index is 0.0610.